The summed E-state index contributed by atoms with van der Waals surface area (Å²) in [6.45, 7) is 1.25. The van der Waals surface area contributed by atoms with E-state index in [0.29, 0.717) is 66.1 Å². The Morgan fingerprint density at radius 2 is 1.70 bits per heavy atom. The largest absolute Gasteiger partial charge is 0.493 e. The van der Waals surface area contributed by atoms with Gasteiger partial charge in [-0.15, -0.1) is 0 Å². The lowest BCUT2D eigenvalue weighted by atomic mass is 10.1. The lowest BCUT2D eigenvalue weighted by Gasteiger charge is -2.35. The number of para-hydroxylation sites is 2. The molecular formula is C29H29ClN2O8. The van der Waals surface area contributed by atoms with Gasteiger partial charge in [-0.25, -0.2) is 4.79 Å². The second-order valence-corrected chi connectivity index (χ2v) is 9.41. The van der Waals surface area contributed by atoms with Gasteiger partial charge in [-0.05, 0) is 55.0 Å². The average molecular weight is 569 g/mol. The molecule has 1 amide bonds. The van der Waals surface area contributed by atoms with E-state index < -0.39 is 23.9 Å². The Kier molecular flexibility index (Phi) is 9.69. The van der Waals surface area contributed by atoms with Crippen molar-refractivity contribution in [3.63, 3.8) is 0 Å². The van der Waals surface area contributed by atoms with Crippen LogP contribution in [0.15, 0.2) is 66.7 Å². The summed E-state index contributed by atoms with van der Waals surface area (Å²) >= 11 is 6.07. The topological polar surface area (TPSA) is 135 Å². The highest BCUT2D eigenvalue weighted by molar-refractivity contribution is 6.32. The Labute approximate surface area is 236 Å². The summed E-state index contributed by atoms with van der Waals surface area (Å²) in [6, 6.07) is 18.9. The molecule has 10 nitrogen and oxygen atoms in total. The zero-order chi connectivity index (χ0) is 28.5. The summed E-state index contributed by atoms with van der Waals surface area (Å²) < 4.78 is 17.1. The third-order valence-corrected chi connectivity index (χ3v) is 6.40. The summed E-state index contributed by atoms with van der Waals surface area (Å²) in [7, 11) is 0. The van der Waals surface area contributed by atoms with Crippen LogP contribution in [0.2, 0.25) is 5.02 Å². The molecule has 0 spiro atoms. The first-order valence-corrected chi connectivity index (χ1v) is 13.1. The fourth-order valence-electron chi connectivity index (χ4n) is 4.13. The number of carboxylic acid groups (broad SMARTS) is 2. The Balaban J connectivity index is 1.34. The minimum atomic E-state index is -1.16. The van der Waals surface area contributed by atoms with E-state index in [4.69, 9.17) is 30.9 Å². The summed E-state index contributed by atoms with van der Waals surface area (Å²) in [4.78, 5) is 37.4. The van der Waals surface area contributed by atoms with E-state index in [1.807, 2.05) is 12.1 Å². The van der Waals surface area contributed by atoms with Crippen LogP contribution in [-0.2, 0) is 9.59 Å². The Bertz CT molecular complexity index is 1350. The predicted molar refractivity (Wildman–Crippen MR) is 149 cm³/mol. The number of carbonyl (C=O) groups is 3. The molecule has 0 aliphatic carbocycles. The molecule has 0 fully saturated rings. The molecule has 210 valence electrons. The maximum Gasteiger partial charge on any atom is 0.346 e. The van der Waals surface area contributed by atoms with Crippen LogP contribution in [0.5, 0.6) is 17.2 Å². The molecule has 1 aliphatic rings. The summed E-state index contributed by atoms with van der Waals surface area (Å²) in [5, 5.41) is 21.9. The molecule has 1 heterocycles. The molecular weight excluding hydrogens is 540 g/mol. The molecule has 4 rings (SSSR count). The van der Waals surface area contributed by atoms with Crippen LogP contribution in [-0.4, -0.2) is 60.5 Å². The van der Waals surface area contributed by atoms with Crippen molar-refractivity contribution in [3.05, 3.63) is 77.3 Å². The van der Waals surface area contributed by atoms with Crippen LogP contribution >= 0.6 is 11.6 Å². The zero-order valence-corrected chi connectivity index (χ0v) is 22.3. The fraction of sp³-hybridized carbons (Fsp3) is 0.276. The highest BCUT2D eigenvalue weighted by Gasteiger charge is 2.32. The van der Waals surface area contributed by atoms with Crippen molar-refractivity contribution in [2.24, 2.45) is 0 Å². The molecule has 1 aliphatic heterocycles. The van der Waals surface area contributed by atoms with Crippen LogP contribution in [0.4, 0.5) is 11.4 Å². The summed E-state index contributed by atoms with van der Waals surface area (Å²) in [5.74, 6) is -1.05. The van der Waals surface area contributed by atoms with E-state index in [9.17, 15) is 19.5 Å². The molecule has 0 aromatic heterocycles. The smallest absolute Gasteiger partial charge is 0.346 e. The number of nitrogens with zero attached hydrogens (tertiary/aromatic N) is 1. The third-order valence-electron chi connectivity index (χ3n) is 6.09. The van der Waals surface area contributed by atoms with Crippen molar-refractivity contribution in [3.8, 4) is 17.2 Å². The van der Waals surface area contributed by atoms with Gasteiger partial charge in [0.25, 0.3) is 5.91 Å². The molecule has 3 aromatic rings. The van der Waals surface area contributed by atoms with Gasteiger partial charge in [-0.2, -0.15) is 0 Å². The number of carbonyl (C=O) groups excluding carboxylic acids is 1. The van der Waals surface area contributed by atoms with E-state index in [2.05, 4.69) is 5.32 Å². The molecule has 1 atom stereocenters. The number of rotatable bonds is 13. The van der Waals surface area contributed by atoms with Crippen LogP contribution in [0, 0.1) is 0 Å². The molecule has 3 aromatic carbocycles. The second-order valence-electron chi connectivity index (χ2n) is 9.00. The molecule has 40 heavy (non-hydrogen) atoms. The van der Waals surface area contributed by atoms with Gasteiger partial charge < -0.3 is 34.6 Å². The van der Waals surface area contributed by atoms with E-state index in [1.165, 1.54) is 0 Å². The quantitative estimate of drug-likeness (QED) is 0.245. The minimum absolute atomic E-state index is 0.0447. The van der Waals surface area contributed by atoms with Crippen molar-refractivity contribution in [1.29, 1.82) is 0 Å². The van der Waals surface area contributed by atoms with Crippen LogP contribution in [0.1, 0.15) is 29.6 Å². The van der Waals surface area contributed by atoms with Crippen molar-refractivity contribution in [2.45, 2.75) is 25.4 Å². The van der Waals surface area contributed by atoms with E-state index >= 15 is 0 Å². The molecule has 0 radical (unpaired) electrons. The maximum atomic E-state index is 13.0. The van der Waals surface area contributed by atoms with Gasteiger partial charge in [0.15, 0.2) is 5.75 Å². The maximum absolute atomic E-state index is 13.0. The zero-order valence-electron chi connectivity index (χ0n) is 21.5. The fourth-order valence-corrected chi connectivity index (χ4v) is 4.32. The van der Waals surface area contributed by atoms with Crippen molar-refractivity contribution in [1.82, 2.24) is 0 Å². The van der Waals surface area contributed by atoms with Crippen molar-refractivity contribution >= 4 is 40.8 Å². The number of anilines is 2. The minimum Gasteiger partial charge on any atom is -0.493 e. The highest BCUT2D eigenvalue weighted by atomic mass is 35.5. The summed E-state index contributed by atoms with van der Waals surface area (Å²) in [5.41, 5.74) is 1.27. The van der Waals surface area contributed by atoms with Gasteiger partial charge in [-0.3, -0.25) is 9.59 Å². The first-order chi connectivity index (χ1) is 19.3. The summed E-state index contributed by atoms with van der Waals surface area (Å²) in [6.07, 6.45) is -0.240. The number of carboxylic acids is 2. The Morgan fingerprint density at radius 1 is 0.950 bits per heavy atom. The van der Waals surface area contributed by atoms with E-state index in [1.54, 1.807) is 59.5 Å². The monoisotopic (exact) mass is 568 g/mol. The number of benzene rings is 3. The highest BCUT2D eigenvalue weighted by Crippen LogP contribution is 2.40. The average Bonchev–Trinajstić information content (AvgIpc) is 2.94. The van der Waals surface area contributed by atoms with Crippen LogP contribution in [0.3, 0.4) is 0 Å². The number of halogens is 1. The van der Waals surface area contributed by atoms with Gasteiger partial charge in [0, 0.05) is 24.9 Å². The van der Waals surface area contributed by atoms with Crippen molar-refractivity contribution in [2.75, 3.05) is 36.5 Å². The first-order valence-electron chi connectivity index (χ1n) is 12.7. The Hall–Kier alpha value is -4.44. The van der Waals surface area contributed by atoms with Gasteiger partial charge in [0.2, 0.25) is 6.10 Å². The molecule has 1 unspecified atom stereocenters. The number of hydrogen-bond donors (Lipinski definition) is 3. The predicted octanol–water partition coefficient (Wildman–Crippen LogP) is 4.96. The van der Waals surface area contributed by atoms with Gasteiger partial charge in [0.1, 0.15) is 11.5 Å². The number of aliphatic carboxylic acids is 2. The SMILES string of the molecule is O=C(O)CCCN1CC(C(=O)O)Oc2c(NC(=O)c3ccc(OCCCOc4ccccc4Cl)cc3)cccc21. The molecule has 0 saturated heterocycles. The van der Waals surface area contributed by atoms with Crippen molar-refractivity contribution < 1.29 is 38.8 Å². The van der Waals surface area contributed by atoms with Gasteiger partial charge >= 0.3 is 11.9 Å². The number of hydrogen-bond acceptors (Lipinski definition) is 7. The van der Waals surface area contributed by atoms with Crippen LogP contribution in [0.25, 0.3) is 0 Å². The number of amides is 1. The molecule has 3 N–H and O–H groups in total. The number of fused-ring (bicyclic) bond motifs is 1. The standard InChI is InChI=1S/C29H29ClN2O8/c30-21-6-1-2-9-24(21)39-17-5-16-38-20-13-11-19(12-14-20)28(35)31-22-7-3-8-23-27(22)40-25(29(36)37)18-32(23)15-4-10-26(33)34/h1-3,6-9,11-14,25H,4-5,10,15-18H2,(H,31,35)(H,33,34)(H,36,37). The molecule has 0 bridgehead atoms. The number of ether oxygens (including phenoxy) is 3. The lowest BCUT2D eigenvalue weighted by Crippen LogP contribution is -2.45. The first kappa shape index (κ1) is 28.6. The van der Waals surface area contributed by atoms with Gasteiger partial charge in [0.05, 0.1) is 36.2 Å². The molecule has 11 heteroatoms. The van der Waals surface area contributed by atoms with E-state index in [-0.39, 0.29) is 18.7 Å². The van der Waals surface area contributed by atoms with Gasteiger partial charge in [-0.1, -0.05) is 29.8 Å². The lowest BCUT2D eigenvalue weighted by molar-refractivity contribution is -0.145. The van der Waals surface area contributed by atoms with Crippen LogP contribution < -0.4 is 24.4 Å². The molecule has 0 saturated carbocycles. The Morgan fingerprint density at radius 3 is 2.42 bits per heavy atom. The normalized spacial score (nSPS) is 14.0. The third kappa shape index (κ3) is 7.57. The number of nitrogens with one attached hydrogen (secondary N) is 1. The van der Waals surface area contributed by atoms with E-state index in [0.717, 1.165) is 0 Å². The second kappa shape index (κ2) is 13.6.